The van der Waals surface area contributed by atoms with E-state index in [1.54, 1.807) is 13.2 Å². The third-order valence-corrected chi connectivity index (χ3v) is 3.54. The zero-order valence-electron chi connectivity index (χ0n) is 9.91. The van der Waals surface area contributed by atoms with Crippen molar-refractivity contribution in [3.63, 3.8) is 0 Å². The van der Waals surface area contributed by atoms with Gasteiger partial charge in [-0.3, -0.25) is 0 Å². The number of ether oxygens (including phenoxy) is 2. The molecule has 1 aromatic rings. The molecule has 0 saturated carbocycles. The zero-order valence-corrected chi connectivity index (χ0v) is 10.7. The smallest absolute Gasteiger partial charge is 0.137 e. The summed E-state index contributed by atoms with van der Waals surface area (Å²) in [6, 6.07) is 5.43. The van der Waals surface area contributed by atoms with Gasteiger partial charge in [0.2, 0.25) is 0 Å². The lowest BCUT2D eigenvalue weighted by Crippen LogP contribution is -2.25. The predicted octanol–water partition coefficient (Wildman–Crippen LogP) is 2.74. The first kappa shape index (κ1) is 12.7. The maximum Gasteiger partial charge on any atom is 0.137 e. The topological polar surface area (TPSA) is 38.7 Å². The average molecular weight is 257 g/mol. The molecule has 17 heavy (non-hydrogen) atoms. The molecule has 94 valence electrons. The molecule has 1 heterocycles. The van der Waals surface area contributed by atoms with Gasteiger partial charge in [0, 0.05) is 19.6 Å². The summed E-state index contributed by atoms with van der Waals surface area (Å²) in [5.41, 5.74) is 0.0261. The van der Waals surface area contributed by atoms with Crippen molar-refractivity contribution in [1.82, 2.24) is 0 Å². The van der Waals surface area contributed by atoms with Crippen molar-refractivity contribution in [1.29, 1.82) is 0 Å². The van der Waals surface area contributed by atoms with E-state index >= 15 is 0 Å². The van der Waals surface area contributed by atoms with Crippen LogP contribution in [-0.2, 0) is 10.3 Å². The van der Waals surface area contributed by atoms with E-state index in [2.05, 4.69) is 0 Å². The summed E-state index contributed by atoms with van der Waals surface area (Å²) in [6.07, 6.45) is 2.18. The molecule has 1 fully saturated rings. The quantitative estimate of drug-likeness (QED) is 0.884. The van der Waals surface area contributed by atoms with Crippen LogP contribution in [0.15, 0.2) is 18.2 Å². The summed E-state index contributed by atoms with van der Waals surface area (Å²) < 4.78 is 10.6. The lowest BCUT2D eigenvalue weighted by molar-refractivity contribution is 0.0142. The molecule has 1 saturated heterocycles. The molecule has 1 aliphatic rings. The first-order valence-corrected chi connectivity index (χ1v) is 6.18. The summed E-state index contributed by atoms with van der Waals surface area (Å²) in [4.78, 5) is 0. The molecule has 0 amide bonds. The first-order chi connectivity index (χ1) is 8.15. The third-order valence-electron chi connectivity index (χ3n) is 3.23. The molecule has 0 aromatic heterocycles. The van der Waals surface area contributed by atoms with Crippen LogP contribution >= 0.6 is 11.6 Å². The Morgan fingerprint density at radius 1 is 1.35 bits per heavy atom. The molecular weight excluding hydrogens is 240 g/mol. The second-order valence-corrected chi connectivity index (χ2v) is 4.75. The Labute approximate surface area is 106 Å². The van der Waals surface area contributed by atoms with Crippen LogP contribution in [0.5, 0.6) is 5.75 Å². The summed E-state index contributed by atoms with van der Waals surface area (Å²) in [5, 5.41) is 11.2. The zero-order chi connectivity index (χ0) is 12.3. The van der Waals surface area contributed by atoms with Gasteiger partial charge in [0.25, 0.3) is 0 Å². The van der Waals surface area contributed by atoms with E-state index in [0.717, 1.165) is 12.0 Å². The van der Waals surface area contributed by atoms with E-state index < -0.39 is 5.60 Å². The maximum atomic E-state index is 10.7. The van der Waals surface area contributed by atoms with Gasteiger partial charge in [-0.15, -0.1) is 0 Å². The Balaban J connectivity index is 2.31. The lowest BCUT2D eigenvalue weighted by atomic mass is 9.87. The van der Waals surface area contributed by atoms with E-state index in [1.807, 2.05) is 12.1 Å². The van der Waals surface area contributed by atoms with Gasteiger partial charge in [-0.1, -0.05) is 17.7 Å². The predicted molar refractivity (Wildman–Crippen MR) is 66.6 cm³/mol. The van der Waals surface area contributed by atoms with Crippen LogP contribution in [0.1, 0.15) is 24.8 Å². The molecular formula is C13H17ClO3. The van der Waals surface area contributed by atoms with Crippen molar-refractivity contribution in [2.45, 2.75) is 24.9 Å². The van der Waals surface area contributed by atoms with Crippen LogP contribution in [0, 0.1) is 0 Å². The van der Waals surface area contributed by atoms with Gasteiger partial charge < -0.3 is 14.6 Å². The summed E-state index contributed by atoms with van der Waals surface area (Å²) >= 11 is 5.98. The van der Waals surface area contributed by atoms with E-state index in [0.29, 0.717) is 36.8 Å². The van der Waals surface area contributed by atoms with Gasteiger partial charge in [-0.05, 0) is 30.5 Å². The number of hydrogen-bond donors (Lipinski definition) is 1. The van der Waals surface area contributed by atoms with Gasteiger partial charge in [-0.2, -0.15) is 0 Å². The molecule has 3 nitrogen and oxygen atoms in total. The lowest BCUT2D eigenvalue weighted by Gasteiger charge is -2.27. The first-order valence-electron chi connectivity index (χ1n) is 5.80. The summed E-state index contributed by atoms with van der Waals surface area (Å²) in [6.45, 7) is 1.30. The largest absolute Gasteiger partial charge is 0.495 e. The molecule has 0 radical (unpaired) electrons. The average Bonchev–Trinajstić information content (AvgIpc) is 2.55. The number of rotatable bonds is 2. The molecule has 1 atom stereocenters. The van der Waals surface area contributed by atoms with Gasteiger partial charge in [0.1, 0.15) is 5.75 Å². The minimum atomic E-state index is -0.825. The third kappa shape index (κ3) is 2.73. The molecule has 0 spiro atoms. The van der Waals surface area contributed by atoms with Crippen LogP contribution < -0.4 is 4.74 Å². The Morgan fingerprint density at radius 3 is 2.94 bits per heavy atom. The number of aliphatic hydroxyl groups is 1. The Morgan fingerprint density at radius 2 is 2.18 bits per heavy atom. The molecule has 2 rings (SSSR count). The van der Waals surface area contributed by atoms with Crippen molar-refractivity contribution >= 4 is 11.6 Å². The van der Waals surface area contributed by atoms with Crippen molar-refractivity contribution in [2.24, 2.45) is 0 Å². The molecule has 4 heteroatoms. The summed E-state index contributed by atoms with van der Waals surface area (Å²) in [7, 11) is 1.57. The van der Waals surface area contributed by atoms with Crippen molar-refractivity contribution in [3.05, 3.63) is 28.8 Å². The van der Waals surface area contributed by atoms with Crippen molar-refractivity contribution in [3.8, 4) is 5.75 Å². The maximum absolute atomic E-state index is 10.7. The van der Waals surface area contributed by atoms with E-state index in [9.17, 15) is 5.11 Å². The molecule has 1 aliphatic heterocycles. The number of methoxy groups -OCH3 is 1. The highest BCUT2D eigenvalue weighted by atomic mass is 35.5. The van der Waals surface area contributed by atoms with Gasteiger partial charge >= 0.3 is 0 Å². The van der Waals surface area contributed by atoms with Crippen molar-refractivity contribution in [2.75, 3.05) is 20.3 Å². The van der Waals surface area contributed by atoms with Gasteiger partial charge in [-0.25, -0.2) is 0 Å². The monoisotopic (exact) mass is 256 g/mol. The Hall–Kier alpha value is -0.770. The SMILES string of the molecule is COc1cc(C2(O)CCCOCC2)ccc1Cl. The standard InChI is InChI=1S/C13H17ClO3/c1-16-12-9-10(3-4-11(12)14)13(15)5-2-7-17-8-6-13/h3-4,9,15H,2,5-8H2,1H3. The molecule has 0 aliphatic carbocycles. The van der Waals surface area contributed by atoms with Gasteiger partial charge in [0.15, 0.2) is 0 Å². The Kier molecular flexibility index (Phi) is 3.92. The molecule has 1 N–H and O–H groups in total. The number of hydrogen-bond acceptors (Lipinski definition) is 3. The highest BCUT2D eigenvalue weighted by molar-refractivity contribution is 6.32. The fraction of sp³-hybridized carbons (Fsp3) is 0.538. The number of benzene rings is 1. The Bertz CT molecular complexity index is 384. The van der Waals surface area contributed by atoms with E-state index in [-0.39, 0.29) is 0 Å². The summed E-state index contributed by atoms with van der Waals surface area (Å²) in [5.74, 6) is 0.600. The van der Waals surface area contributed by atoms with Crippen LogP contribution in [0.3, 0.4) is 0 Å². The highest BCUT2D eigenvalue weighted by Crippen LogP contribution is 2.36. The molecule has 1 unspecified atom stereocenters. The van der Waals surface area contributed by atoms with Crippen LogP contribution in [0.25, 0.3) is 0 Å². The fourth-order valence-electron chi connectivity index (χ4n) is 2.17. The van der Waals surface area contributed by atoms with E-state index in [1.165, 1.54) is 0 Å². The fourth-order valence-corrected chi connectivity index (χ4v) is 2.37. The minimum Gasteiger partial charge on any atom is -0.495 e. The minimum absolute atomic E-state index is 0.560. The van der Waals surface area contributed by atoms with Crippen LogP contribution in [0.4, 0.5) is 0 Å². The number of halogens is 1. The second kappa shape index (κ2) is 5.25. The molecule has 0 bridgehead atoms. The van der Waals surface area contributed by atoms with Gasteiger partial charge in [0.05, 0.1) is 17.7 Å². The van der Waals surface area contributed by atoms with Crippen LogP contribution in [-0.4, -0.2) is 25.4 Å². The van der Waals surface area contributed by atoms with E-state index in [4.69, 9.17) is 21.1 Å². The van der Waals surface area contributed by atoms with Crippen molar-refractivity contribution < 1.29 is 14.6 Å². The second-order valence-electron chi connectivity index (χ2n) is 4.35. The van der Waals surface area contributed by atoms with Crippen LogP contribution in [0.2, 0.25) is 5.02 Å². The highest BCUT2D eigenvalue weighted by Gasteiger charge is 2.30. The normalized spacial score (nSPS) is 25.4. The molecule has 1 aromatic carbocycles.